The largest absolute Gasteiger partial charge is 0.407 e. The van der Waals surface area contributed by atoms with Gasteiger partial charge in [0.05, 0.1) is 12.2 Å². The van der Waals surface area contributed by atoms with Crippen LogP contribution >= 0.6 is 0 Å². The maximum atomic E-state index is 10.9. The van der Waals surface area contributed by atoms with E-state index in [9.17, 15) is 10.2 Å². The first-order chi connectivity index (χ1) is 16.3. The van der Waals surface area contributed by atoms with E-state index < -0.39 is 20.5 Å². The Hall–Kier alpha value is -1.72. The minimum Gasteiger partial charge on any atom is -0.407 e. The summed E-state index contributed by atoms with van der Waals surface area (Å²) in [6.45, 7) is 9.50. The van der Waals surface area contributed by atoms with Crippen molar-refractivity contribution in [1.82, 2.24) is 0 Å². The smallest absolute Gasteiger partial charge is 0.261 e. The van der Waals surface area contributed by atoms with E-state index >= 15 is 0 Å². The highest BCUT2D eigenvalue weighted by atomic mass is 28.4. The third-order valence-electron chi connectivity index (χ3n) is 7.48. The molecule has 0 aliphatic heterocycles. The average Bonchev–Trinajstić information content (AvgIpc) is 3.09. The lowest BCUT2D eigenvalue weighted by Gasteiger charge is -2.44. The highest BCUT2D eigenvalue weighted by Gasteiger charge is 2.51. The Morgan fingerprint density at radius 1 is 0.853 bits per heavy atom. The molecule has 34 heavy (non-hydrogen) atoms. The van der Waals surface area contributed by atoms with Crippen molar-refractivity contribution < 1.29 is 14.6 Å². The fraction of sp³-hybridized carbons (Fsp3) is 0.533. The predicted octanol–water partition coefficient (Wildman–Crippen LogP) is 5.45. The number of hydrogen-bond donors (Lipinski definition) is 2. The molecule has 0 amide bonds. The zero-order valence-corrected chi connectivity index (χ0v) is 22.5. The molecule has 0 aromatic heterocycles. The Morgan fingerprint density at radius 2 is 1.41 bits per heavy atom. The van der Waals surface area contributed by atoms with Gasteiger partial charge in [0.15, 0.2) is 0 Å². The summed E-state index contributed by atoms with van der Waals surface area (Å²) in [5, 5.41) is 24.0. The van der Waals surface area contributed by atoms with Gasteiger partial charge < -0.3 is 14.6 Å². The van der Waals surface area contributed by atoms with E-state index in [-0.39, 0.29) is 16.9 Å². The van der Waals surface area contributed by atoms with E-state index in [1.807, 2.05) is 0 Å². The van der Waals surface area contributed by atoms with E-state index in [1.54, 1.807) is 0 Å². The van der Waals surface area contributed by atoms with Gasteiger partial charge in [0, 0.05) is 12.5 Å². The van der Waals surface area contributed by atoms with Crippen LogP contribution in [0.15, 0.2) is 72.8 Å². The SMILES string of the molecule is CCCCC/C=C\C[C@@H]1[C@H](CO[Si](c2ccccc2)(c2ccccc2)C(C)(C)C)[C@@H](O)C[C@H]1O. The van der Waals surface area contributed by atoms with Gasteiger partial charge >= 0.3 is 0 Å². The average molecular weight is 481 g/mol. The first-order valence-electron chi connectivity index (χ1n) is 13.1. The third-order valence-corrected chi connectivity index (χ3v) is 12.5. The molecular weight excluding hydrogens is 436 g/mol. The summed E-state index contributed by atoms with van der Waals surface area (Å²) in [7, 11) is -2.66. The van der Waals surface area contributed by atoms with Crippen LogP contribution in [0.2, 0.25) is 5.04 Å². The molecule has 2 aromatic carbocycles. The molecule has 3 nitrogen and oxygen atoms in total. The van der Waals surface area contributed by atoms with Crippen molar-refractivity contribution in [2.75, 3.05) is 6.61 Å². The number of hydrogen-bond acceptors (Lipinski definition) is 3. The van der Waals surface area contributed by atoms with Crippen LogP contribution < -0.4 is 10.4 Å². The third kappa shape index (κ3) is 6.09. The maximum absolute atomic E-state index is 10.9. The summed E-state index contributed by atoms with van der Waals surface area (Å²) in [5.41, 5.74) is 0. The van der Waals surface area contributed by atoms with Crippen molar-refractivity contribution in [1.29, 1.82) is 0 Å². The molecule has 1 saturated carbocycles. The Morgan fingerprint density at radius 3 is 1.94 bits per heavy atom. The Bertz CT molecular complexity index is 835. The van der Waals surface area contributed by atoms with Crippen molar-refractivity contribution in [3.05, 3.63) is 72.8 Å². The van der Waals surface area contributed by atoms with Crippen molar-refractivity contribution in [3.8, 4) is 0 Å². The molecule has 0 radical (unpaired) electrons. The van der Waals surface area contributed by atoms with Crippen LogP contribution in [-0.2, 0) is 4.43 Å². The molecule has 186 valence electrons. The molecule has 0 spiro atoms. The van der Waals surface area contributed by atoms with Gasteiger partial charge in [-0.3, -0.25) is 0 Å². The van der Waals surface area contributed by atoms with E-state index in [4.69, 9.17) is 4.43 Å². The molecule has 0 heterocycles. The van der Waals surface area contributed by atoms with Gasteiger partial charge in [0.1, 0.15) is 0 Å². The van der Waals surface area contributed by atoms with Crippen molar-refractivity contribution in [3.63, 3.8) is 0 Å². The Kier molecular flexibility index (Phi) is 9.72. The molecule has 0 saturated heterocycles. The summed E-state index contributed by atoms with van der Waals surface area (Å²) < 4.78 is 7.10. The quantitative estimate of drug-likeness (QED) is 0.255. The molecule has 3 rings (SSSR count). The second-order valence-corrected chi connectivity index (χ2v) is 15.2. The number of rotatable bonds is 11. The Balaban J connectivity index is 1.86. The molecule has 1 fully saturated rings. The minimum absolute atomic E-state index is 0.0237. The minimum atomic E-state index is -2.66. The number of allylic oxidation sites excluding steroid dienone is 2. The molecular formula is C30H44O3Si. The van der Waals surface area contributed by atoms with Crippen molar-refractivity contribution in [2.24, 2.45) is 11.8 Å². The van der Waals surface area contributed by atoms with E-state index in [0.29, 0.717) is 13.0 Å². The number of aliphatic hydroxyl groups is 2. The molecule has 4 heteroatoms. The standard InChI is InChI=1S/C30H44O3Si/c1-5-6-7-8-9-16-21-26-27(29(32)22-28(26)31)23-33-34(30(2,3)4,24-17-12-10-13-18-24)25-19-14-11-15-20-25/h9-20,26-29,31-32H,5-8,21-23H2,1-4H3/b16-9-/t26-,27+,28-,29+/m1/s1. The number of benzene rings is 2. The maximum Gasteiger partial charge on any atom is 0.261 e. The second kappa shape index (κ2) is 12.3. The van der Waals surface area contributed by atoms with Crippen molar-refractivity contribution >= 4 is 18.7 Å². The molecule has 1 aliphatic rings. The monoisotopic (exact) mass is 480 g/mol. The lowest BCUT2D eigenvalue weighted by Crippen LogP contribution is -2.67. The molecule has 0 unspecified atom stereocenters. The fourth-order valence-corrected chi connectivity index (χ4v) is 10.2. The lowest BCUT2D eigenvalue weighted by atomic mass is 9.91. The summed E-state index contributed by atoms with van der Waals surface area (Å²) in [6, 6.07) is 21.3. The molecule has 2 N–H and O–H groups in total. The van der Waals surface area contributed by atoms with Gasteiger partial charge in [-0.2, -0.15) is 0 Å². The number of unbranched alkanes of at least 4 members (excludes halogenated alkanes) is 3. The van der Waals surface area contributed by atoms with Crippen LogP contribution in [0.25, 0.3) is 0 Å². The first-order valence-corrected chi connectivity index (χ1v) is 15.0. The zero-order valence-electron chi connectivity index (χ0n) is 21.5. The highest BCUT2D eigenvalue weighted by Crippen LogP contribution is 2.40. The van der Waals surface area contributed by atoms with Crippen LogP contribution in [0.3, 0.4) is 0 Å². The summed E-state index contributed by atoms with van der Waals surface area (Å²) >= 11 is 0. The van der Waals surface area contributed by atoms with Crippen LogP contribution in [0.4, 0.5) is 0 Å². The second-order valence-electron chi connectivity index (χ2n) is 10.9. The van der Waals surface area contributed by atoms with Crippen LogP contribution in [0.1, 0.15) is 66.2 Å². The highest BCUT2D eigenvalue weighted by molar-refractivity contribution is 6.99. The summed E-state index contributed by atoms with van der Waals surface area (Å²) in [5.74, 6) is -0.0485. The topological polar surface area (TPSA) is 49.7 Å². The molecule has 0 bridgehead atoms. The van der Waals surface area contributed by atoms with Crippen molar-refractivity contribution in [2.45, 2.75) is 83.5 Å². The van der Waals surface area contributed by atoms with Crippen LogP contribution in [-0.4, -0.2) is 37.3 Å². The fourth-order valence-electron chi connectivity index (χ4n) is 5.60. The van der Waals surface area contributed by atoms with E-state index in [0.717, 1.165) is 12.8 Å². The van der Waals surface area contributed by atoms with E-state index in [1.165, 1.54) is 29.6 Å². The van der Waals surface area contributed by atoms with Gasteiger partial charge in [0.25, 0.3) is 8.32 Å². The molecule has 4 atom stereocenters. The van der Waals surface area contributed by atoms with Crippen LogP contribution in [0.5, 0.6) is 0 Å². The van der Waals surface area contributed by atoms with Gasteiger partial charge in [-0.05, 0) is 47.0 Å². The van der Waals surface area contributed by atoms with E-state index in [2.05, 4.69) is 101 Å². The molecule has 1 aliphatic carbocycles. The molecule has 2 aromatic rings. The lowest BCUT2D eigenvalue weighted by molar-refractivity contribution is 0.0729. The number of aliphatic hydroxyl groups excluding tert-OH is 2. The summed E-state index contributed by atoms with van der Waals surface area (Å²) in [6.07, 6.45) is 9.43. The van der Waals surface area contributed by atoms with Gasteiger partial charge in [-0.25, -0.2) is 0 Å². The van der Waals surface area contributed by atoms with Gasteiger partial charge in [-0.15, -0.1) is 0 Å². The summed E-state index contributed by atoms with van der Waals surface area (Å²) in [4.78, 5) is 0. The Labute approximate surface area is 208 Å². The first kappa shape index (κ1) is 26.9. The van der Waals surface area contributed by atoms with Crippen LogP contribution in [0, 0.1) is 11.8 Å². The normalized spacial score (nSPS) is 23.6. The predicted molar refractivity (Wildman–Crippen MR) is 145 cm³/mol. The zero-order chi connectivity index (χ0) is 24.6. The van der Waals surface area contributed by atoms with Gasteiger partial charge in [-0.1, -0.05) is 113 Å². The van der Waals surface area contributed by atoms with Gasteiger partial charge in [0.2, 0.25) is 0 Å².